The van der Waals surface area contributed by atoms with Crippen LogP contribution >= 0.6 is 0 Å². The molecule has 2 nitrogen and oxygen atoms in total. The second kappa shape index (κ2) is 2.83. The van der Waals surface area contributed by atoms with Crippen LogP contribution in [0.4, 0.5) is 0 Å². The Labute approximate surface area is 87.2 Å². The van der Waals surface area contributed by atoms with Gasteiger partial charge in [0.15, 0.2) is 0 Å². The maximum atomic E-state index is 10.9. The first kappa shape index (κ1) is 8.48. The van der Waals surface area contributed by atoms with Gasteiger partial charge in [-0.1, -0.05) is 30.3 Å². The van der Waals surface area contributed by atoms with E-state index in [9.17, 15) is 9.90 Å². The summed E-state index contributed by atoms with van der Waals surface area (Å²) in [6, 6.07) is 9.40. The summed E-state index contributed by atoms with van der Waals surface area (Å²) in [4.78, 5) is 10.9. The van der Waals surface area contributed by atoms with E-state index in [1.165, 1.54) is 11.1 Å². The van der Waals surface area contributed by atoms with Gasteiger partial charge < -0.3 is 9.90 Å². The maximum absolute atomic E-state index is 10.9. The largest absolute Gasteiger partial charge is 0.545 e. The molecular formula is C13H9O2-. The molecule has 0 fully saturated rings. The number of carbonyl (C=O) groups is 1. The van der Waals surface area contributed by atoms with Crippen molar-refractivity contribution < 1.29 is 9.90 Å². The van der Waals surface area contributed by atoms with Gasteiger partial charge in [-0.2, -0.15) is 0 Å². The third-order valence-electron chi connectivity index (χ3n) is 3.10. The number of carbonyl (C=O) groups excluding carboxylic acids is 1. The molecule has 2 heteroatoms. The van der Waals surface area contributed by atoms with Crippen LogP contribution in [0.2, 0.25) is 0 Å². The third kappa shape index (κ3) is 1.08. The highest BCUT2D eigenvalue weighted by molar-refractivity contribution is 6.05. The van der Waals surface area contributed by atoms with E-state index in [2.05, 4.69) is 6.07 Å². The molecule has 0 spiro atoms. The summed E-state index contributed by atoms with van der Waals surface area (Å²) in [6.45, 7) is 0. The molecule has 1 aliphatic carbocycles. The molecule has 3 rings (SSSR count). The lowest BCUT2D eigenvalue weighted by atomic mass is 10.0. The van der Waals surface area contributed by atoms with E-state index in [0.717, 1.165) is 23.6 Å². The van der Waals surface area contributed by atoms with E-state index in [-0.39, 0.29) is 0 Å². The standard InChI is InChI=1S/C13H10O2/c14-13(15)11-7-6-9-5-4-8-2-1-3-10(11)12(8)9/h1-3,6-7H,4-5H2,(H,14,15)/p-1. The van der Waals surface area contributed by atoms with Crippen molar-refractivity contribution in [2.24, 2.45) is 0 Å². The van der Waals surface area contributed by atoms with Crippen molar-refractivity contribution in [2.75, 3.05) is 0 Å². The van der Waals surface area contributed by atoms with Crippen LogP contribution in [0.25, 0.3) is 10.8 Å². The SMILES string of the molecule is O=C([O-])c1ccc2c3c(cccc13)CC2. The van der Waals surface area contributed by atoms with Crippen molar-refractivity contribution in [3.8, 4) is 0 Å². The fourth-order valence-corrected chi connectivity index (χ4v) is 2.42. The average molecular weight is 197 g/mol. The Bertz CT molecular complexity index is 560. The fourth-order valence-electron chi connectivity index (χ4n) is 2.42. The summed E-state index contributed by atoms with van der Waals surface area (Å²) in [6.07, 6.45) is 2.03. The highest BCUT2D eigenvalue weighted by Gasteiger charge is 2.15. The molecular weight excluding hydrogens is 188 g/mol. The molecule has 0 bridgehead atoms. The topological polar surface area (TPSA) is 40.1 Å². The van der Waals surface area contributed by atoms with Gasteiger partial charge in [-0.15, -0.1) is 0 Å². The first-order valence-electron chi connectivity index (χ1n) is 5.02. The molecule has 0 atom stereocenters. The number of carboxylic acids is 1. The molecule has 0 saturated heterocycles. The molecule has 0 amide bonds. The molecule has 2 aromatic rings. The van der Waals surface area contributed by atoms with Gasteiger partial charge in [-0.3, -0.25) is 0 Å². The number of carboxylic acid groups (broad SMARTS) is 1. The van der Waals surface area contributed by atoms with Crippen molar-refractivity contribution in [2.45, 2.75) is 12.8 Å². The molecule has 15 heavy (non-hydrogen) atoms. The summed E-state index contributed by atoms with van der Waals surface area (Å²) in [5.41, 5.74) is 2.81. The van der Waals surface area contributed by atoms with Crippen LogP contribution in [0.1, 0.15) is 21.5 Å². The van der Waals surface area contributed by atoms with Gasteiger partial charge in [-0.25, -0.2) is 0 Å². The van der Waals surface area contributed by atoms with E-state index in [1.54, 1.807) is 6.07 Å². The van der Waals surface area contributed by atoms with Gasteiger partial charge >= 0.3 is 0 Å². The molecule has 0 aromatic heterocycles. The third-order valence-corrected chi connectivity index (χ3v) is 3.10. The van der Waals surface area contributed by atoms with E-state index in [4.69, 9.17) is 0 Å². The average Bonchev–Trinajstić information content (AvgIpc) is 2.64. The predicted molar refractivity (Wildman–Crippen MR) is 55.7 cm³/mol. The molecule has 0 N–H and O–H groups in total. The molecule has 0 heterocycles. The van der Waals surface area contributed by atoms with Crippen LogP contribution in [0.5, 0.6) is 0 Å². The first-order valence-corrected chi connectivity index (χ1v) is 5.02. The summed E-state index contributed by atoms with van der Waals surface area (Å²) in [5.74, 6) is -1.09. The molecule has 0 saturated carbocycles. The van der Waals surface area contributed by atoms with Crippen molar-refractivity contribution in [3.05, 3.63) is 47.0 Å². The molecule has 0 unspecified atom stereocenters. The molecule has 0 radical (unpaired) electrons. The number of hydrogen-bond acceptors (Lipinski definition) is 2. The van der Waals surface area contributed by atoms with Gasteiger partial charge in [0.1, 0.15) is 0 Å². The Morgan fingerprint density at radius 2 is 1.80 bits per heavy atom. The predicted octanol–water partition coefficient (Wildman–Crippen LogP) is 1.30. The van der Waals surface area contributed by atoms with Crippen LogP contribution in [0, 0.1) is 0 Å². The Balaban J connectivity index is 2.48. The zero-order valence-electron chi connectivity index (χ0n) is 8.12. The normalized spacial score (nSPS) is 13.3. The minimum atomic E-state index is -1.09. The van der Waals surface area contributed by atoms with Crippen LogP contribution in [0.15, 0.2) is 30.3 Å². The van der Waals surface area contributed by atoms with Crippen LogP contribution in [-0.4, -0.2) is 5.97 Å². The molecule has 74 valence electrons. The summed E-state index contributed by atoms with van der Waals surface area (Å²) in [7, 11) is 0. The van der Waals surface area contributed by atoms with Crippen molar-refractivity contribution in [1.29, 1.82) is 0 Å². The van der Waals surface area contributed by atoms with E-state index in [1.807, 2.05) is 18.2 Å². The van der Waals surface area contributed by atoms with Gasteiger partial charge in [-0.05, 0) is 34.7 Å². The maximum Gasteiger partial charge on any atom is 0.0721 e. The Morgan fingerprint density at radius 3 is 2.53 bits per heavy atom. The summed E-state index contributed by atoms with van der Waals surface area (Å²) >= 11 is 0. The lowest BCUT2D eigenvalue weighted by Gasteiger charge is -2.09. The zero-order chi connectivity index (χ0) is 10.4. The van der Waals surface area contributed by atoms with Gasteiger partial charge in [0, 0.05) is 5.56 Å². The van der Waals surface area contributed by atoms with E-state index >= 15 is 0 Å². The van der Waals surface area contributed by atoms with Crippen molar-refractivity contribution >= 4 is 16.7 Å². The minimum absolute atomic E-state index is 0.303. The number of hydrogen-bond donors (Lipinski definition) is 0. The lowest BCUT2D eigenvalue weighted by molar-refractivity contribution is -0.254. The molecule has 1 aliphatic rings. The second-order valence-corrected chi connectivity index (χ2v) is 3.90. The van der Waals surface area contributed by atoms with Crippen LogP contribution < -0.4 is 5.11 Å². The minimum Gasteiger partial charge on any atom is -0.545 e. The van der Waals surface area contributed by atoms with E-state index < -0.39 is 5.97 Å². The molecule has 0 aliphatic heterocycles. The first-order chi connectivity index (χ1) is 7.27. The van der Waals surface area contributed by atoms with E-state index in [0.29, 0.717) is 5.56 Å². The Hall–Kier alpha value is -1.83. The quantitative estimate of drug-likeness (QED) is 0.691. The lowest BCUT2D eigenvalue weighted by Crippen LogP contribution is -2.22. The van der Waals surface area contributed by atoms with Gasteiger partial charge in [0.25, 0.3) is 0 Å². The van der Waals surface area contributed by atoms with Crippen molar-refractivity contribution in [3.63, 3.8) is 0 Å². The van der Waals surface area contributed by atoms with Gasteiger partial charge in [0.05, 0.1) is 5.97 Å². The Morgan fingerprint density at radius 1 is 1.07 bits per heavy atom. The number of rotatable bonds is 1. The highest BCUT2D eigenvalue weighted by atomic mass is 16.4. The van der Waals surface area contributed by atoms with Crippen LogP contribution in [0.3, 0.4) is 0 Å². The zero-order valence-corrected chi connectivity index (χ0v) is 8.12. The number of benzene rings is 2. The highest BCUT2D eigenvalue weighted by Crippen LogP contribution is 2.32. The number of aryl methyl sites for hydroxylation is 2. The summed E-state index contributed by atoms with van der Waals surface area (Å²) < 4.78 is 0. The molecule has 2 aromatic carbocycles. The van der Waals surface area contributed by atoms with Crippen LogP contribution in [-0.2, 0) is 12.8 Å². The Kier molecular flexibility index (Phi) is 1.60. The fraction of sp³-hybridized carbons (Fsp3) is 0.154. The number of aromatic carboxylic acids is 1. The summed E-state index contributed by atoms with van der Waals surface area (Å²) in [5, 5.41) is 12.9. The smallest absolute Gasteiger partial charge is 0.0721 e. The monoisotopic (exact) mass is 197 g/mol. The second-order valence-electron chi connectivity index (χ2n) is 3.90. The van der Waals surface area contributed by atoms with Gasteiger partial charge in [0.2, 0.25) is 0 Å². The van der Waals surface area contributed by atoms with Crippen molar-refractivity contribution in [1.82, 2.24) is 0 Å².